The molecule has 0 aromatic heterocycles. The van der Waals surface area contributed by atoms with Crippen LogP contribution in [0, 0.1) is 11.3 Å². The van der Waals surface area contributed by atoms with Crippen LogP contribution in [0.3, 0.4) is 0 Å². The van der Waals surface area contributed by atoms with E-state index in [0.29, 0.717) is 24.6 Å². The number of aliphatic hydroxyl groups is 1. The highest BCUT2D eigenvalue weighted by molar-refractivity contribution is 14.0. The summed E-state index contributed by atoms with van der Waals surface area (Å²) in [7, 11) is 0. The zero-order chi connectivity index (χ0) is 13.9. The Hall–Kier alpha value is -0.0800. The molecule has 2 fully saturated rings. The number of aliphatic imine (C=N–C) groups is 1. The molecule has 3 atom stereocenters. The first-order valence-electron chi connectivity index (χ1n) is 7.38. The Bertz CT molecular complexity index is 336. The summed E-state index contributed by atoms with van der Waals surface area (Å²) in [6, 6.07) is 0.397. The Labute approximate surface area is 139 Å². The molecule has 2 aliphatic rings. The van der Waals surface area contributed by atoms with Crippen LogP contribution in [0.15, 0.2) is 4.99 Å². The molecule has 0 radical (unpaired) electrons. The molecule has 2 rings (SSSR count). The monoisotopic (exact) mass is 397 g/mol. The fraction of sp³-hybridized carbons (Fsp3) is 0.929. The summed E-state index contributed by atoms with van der Waals surface area (Å²) in [5.74, 6) is 1.39. The van der Waals surface area contributed by atoms with Crippen molar-refractivity contribution in [3.63, 3.8) is 0 Å². The molecule has 1 aliphatic carbocycles. The molecule has 0 amide bonds. The standard InChI is InChI=1S/C14H27N3O2.HI/c1-4-15-13(16-7-8-18)17-11-10-6-5-9-19-12(10)14(11,2)3;/h10-12,18H,4-9H2,1-3H3,(H2,15,16,17);1H. The van der Waals surface area contributed by atoms with Crippen molar-refractivity contribution in [2.45, 2.75) is 45.8 Å². The van der Waals surface area contributed by atoms with Gasteiger partial charge in [-0.05, 0) is 19.8 Å². The second kappa shape index (κ2) is 7.79. The minimum absolute atomic E-state index is 0. The van der Waals surface area contributed by atoms with E-state index in [9.17, 15) is 0 Å². The van der Waals surface area contributed by atoms with Crippen molar-refractivity contribution in [3.05, 3.63) is 0 Å². The number of nitrogens with one attached hydrogen (secondary N) is 2. The van der Waals surface area contributed by atoms with Crippen LogP contribution < -0.4 is 10.6 Å². The first kappa shape index (κ1) is 18.0. The molecule has 0 bridgehead atoms. The first-order valence-corrected chi connectivity index (χ1v) is 7.38. The number of aliphatic hydroxyl groups excluding tert-OH is 1. The Morgan fingerprint density at radius 3 is 2.85 bits per heavy atom. The van der Waals surface area contributed by atoms with E-state index >= 15 is 0 Å². The van der Waals surface area contributed by atoms with Crippen LogP contribution >= 0.6 is 24.0 Å². The molecule has 5 nitrogen and oxygen atoms in total. The van der Waals surface area contributed by atoms with Crippen molar-refractivity contribution in [2.24, 2.45) is 16.3 Å². The zero-order valence-corrected chi connectivity index (χ0v) is 15.0. The second-order valence-electron chi connectivity index (χ2n) is 6.03. The minimum Gasteiger partial charge on any atom is -0.394 e. The molecular weight excluding hydrogens is 369 g/mol. The van der Waals surface area contributed by atoms with Gasteiger partial charge in [-0.25, -0.2) is 0 Å². The lowest BCUT2D eigenvalue weighted by molar-refractivity contribution is -0.188. The van der Waals surface area contributed by atoms with Crippen LogP contribution in [0.25, 0.3) is 0 Å². The van der Waals surface area contributed by atoms with Gasteiger partial charge in [-0.1, -0.05) is 13.8 Å². The normalized spacial score (nSPS) is 31.6. The molecule has 118 valence electrons. The van der Waals surface area contributed by atoms with Crippen LogP contribution in [-0.2, 0) is 4.74 Å². The van der Waals surface area contributed by atoms with Crippen molar-refractivity contribution in [2.75, 3.05) is 26.3 Å². The number of hydrogen-bond acceptors (Lipinski definition) is 3. The van der Waals surface area contributed by atoms with E-state index in [1.807, 2.05) is 0 Å². The smallest absolute Gasteiger partial charge is 0.191 e. The number of hydrogen-bond donors (Lipinski definition) is 3. The molecule has 1 aliphatic heterocycles. The summed E-state index contributed by atoms with van der Waals surface area (Å²) in [6.45, 7) is 8.81. The molecule has 1 saturated carbocycles. The number of halogens is 1. The maximum absolute atomic E-state index is 8.90. The average molecular weight is 397 g/mol. The molecular formula is C14H28IN3O2. The van der Waals surface area contributed by atoms with Gasteiger partial charge in [0.05, 0.1) is 19.3 Å². The maximum Gasteiger partial charge on any atom is 0.191 e. The lowest BCUT2D eigenvalue weighted by Gasteiger charge is -2.60. The quantitative estimate of drug-likeness (QED) is 0.381. The minimum atomic E-state index is 0. The third kappa shape index (κ3) is 3.57. The number of ether oxygens (including phenoxy) is 1. The van der Waals surface area contributed by atoms with Crippen molar-refractivity contribution in [1.82, 2.24) is 10.6 Å². The van der Waals surface area contributed by atoms with Crippen molar-refractivity contribution in [1.29, 1.82) is 0 Å². The lowest BCUT2D eigenvalue weighted by Crippen LogP contribution is -2.71. The Morgan fingerprint density at radius 2 is 2.20 bits per heavy atom. The summed E-state index contributed by atoms with van der Waals surface area (Å²) in [5.41, 5.74) is 0.139. The van der Waals surface area contributed by atoms with Crippen LogP contribution in [0.2, 0.25) is 0 Å². The summed E-state index contributed by atoms with van der Waals surface area (Å²) >= 11 is 0. The van der Waals surface area contributed by atoms with E-state index in [0.717, 1.165) is 25.5 Å². The fourth-order valence-corrected chi connectivity index (χ4v) is 3.44. The van der Waals surface area contributed by atoms with Gasteiger partial charge in [0.2, 0.25) is 0 Å². The van der Waals surface area contributed by atoms with Gasteiger partial charge in [0.15, 0.2) is 5.96 Å². The molecule has 1 heterocycles. The molecule has 3 unspecified atom stereocenters. The van der Waals surface area contributed by atoms with Gasteiger partial charge < -0.3 is 20.5 Å². The number of rotatable bonds is 4. The van der Waals surface area contributed by atoms with E-state index in [-0.39, 0.29) is 36.0 Å². The summed E-state index contributed by atoms with van der Waals surface area (Å²) in [6.07, 6.45) is 2.75. The molecule has 1 saturated heterocycles. The van der Waals surface area contributed by atoms with Crippen LogP contribution in [0.5, 0.6) is 0 Å². The Kier molecular flexibility index (Phi) is 7.00. The summed E-state index contributed by atoms with van der Waals surface area (Å²) in [5, 5.41) is 15.7. The first-order chi connectivity index (χ1) is 9.11. The molecule has 0 aromatic rings. The predicted molar refractivity (Wildman–Crippen MR) is 91.6 cm³/mol. The average Bonchev–Trinajstić information content (AvgIpc) is 2.41. The van der Waals surface area contributed by atoms with Crippen molar-refractivity contribution in [3.8, 4) is 0 Å². The van der Waals surface area contributed by atoms with Gasteiger partial charge in [-0.15, -0.1) is 24.0 Å². The van der Waals surface area contributed by atoms with Crippen LogP contribution in [-0.4, -0.2) is 49.5 Å². The van der Waals surface area contributed by atoms with E-state index in [2.05, 4.69) is 36.4 Å². The third-order valence-corrected chi connectivity index (χ3v) is 4.34. The van der Waals surface area contributed by atoms with Gasteiger partial charge in [0.1, 0.15) is 0 Å². The van der Waals surface area contributed by atoms with Crippen LogP contribution in [0.1, 0.15) is 33.6 Å². The second-order valence-corrected chi connectivity index (χ2v) is 6.03. The van der Waals surface area contributed by atoms with E-state index in [1.165, 1.54) is 6.42 Å². The SMILES string of the molecule is CCNC(=NCCO)NC1C2CCCOC2C1(C)C.I. The topological polar surface area (TPSA) is 65.9 Å². The summed E-state index contributed by atoms with van der Waals surface area (Å²) in [4.78, 5) is 4.36. The van der Waals surface area contributed by atoms with E-state index < -0.39 is 0 Å². The van der Waals surface area contributed by atoms with Gasteiger partial charge in [0.25, 0.3) is 0 Å². The highest BCUT2D eigenvalue weighted by Gasteiger charge is 2.58. The zero-order valence-electron chi connectivity index (χ0n) is 12.7. The largest absolute Gasteiger partial charge is 0.394 e. The molecule has 3 N–H and O–H groups in total. The highest BCUT2D eigenvalue weighted by Crippen LogP contribution is 2.51. The molecule has 0 aromatic carbocycles. The number of nitrogens with zero attached hydrogens (tertiary/aromatic N) is 1. The van der Waals surface area contributed by atoms with Gasteiger partial charge in [-0.3, -0.25) is 4.99 Å². The van der Waals surface area contributed by atoms with Crippen LogP contribution in [0.4, 0.5) is 0 Å². The predicted octanol–water partition coefficient (Wildman–Crippen LogP) is 1.36. The number of guanidine groups is 1. The van der Waals surface area contributed by atoms with E-state index in [1.54, 1.807) is 0 Å². The lowest BCUT2D eigenvalue weighted by atomic mass is 9.55. The van der Waals surface area contributed by atoms with Gasteiger partial charge >= 0.3 is 0 Å². The van der Waals surface area contributed by atoms with Gasteiger partial charge in [0, 0.05) is 30.5 Å². The molecule has 20 heavy (non-hydrogen) atoms. The molecule has 0 spiro atoms. The van der Waals surface area contributed by atoms with Crippen molar-refractivity contribution >= 4 is 29.9 Å². The van der Waals surface area contributed by atoms with Gasteiger partial charge in [-0.2, -0.15) is 0 Å². The third-order valence-electron chi connectivity index (χ3n) is 4.34. The maximum atomic E-state index is 8.90. The van der Waals surface area contributed by atoms with E-state index in [4.69, 9.17) is 9.84 Å². The number of fused-ring (bicyclic) bond motifs is 1. The fourth-order valence-electron chi connectivity index (χ4n) is 3.44. The highest BCUT2D eigenvalue weighted by atomic mass is 127. The van der Waals surface area contributed by atoms with Crippen molar-refractivity contribution < 1.29 is 9.84 Å². The summed E-state index contributed by atoms with van der Waals surface area (Å²) < 4.78 is 5.90. The Balaban J connectivity index is 0.00000200. The molecule has 6 heteroatoms. The Morgan fingerprint density at radius 1 is 1.45 bits per heavy atom.